The lowest BCUT2D eigenvalue weighted by Gasteiger charge is -2.14. The van der Waals surface area contributed by atoms with Crippen molar-refractivity contribution in [2.45, 2.75) is 27.0 Å². The minimum absolute atomic E-state index is 0.168. The summed E-state index contributed by atoms with van der Waals surface area (Å²) in [6, 6.07) is 14.4. The molecule has 0 amide bonds. The van der Waals surface area contributed by atoms with Crippen LogP contribution in [0.4, 0.5) is 0 Å². The molecule has 0 aliphatic heterocycles. The van der Waals surface area contributed by atoms with E-state index in [1.165, 1.54) is 5.56 Å². The van der Waals surface area contributed by atoms with E-state index < -0.39 is 0 Å². The van der Waals surface area contributed by atoms with Gasteiger partial charge in [-0.25, -0.2) is 0 Å². The van der Waals surface area contributed by atoms with Crippen LogP contribution in [0.5, 0.6) is 11.5 Å². The SMILES string of the molecule is CCOc1cc(CNCCNCCO)ccc1OCc1cccc(C)c1. The molecule has 2 rings (SSSR count). The van der Waals surface area contributed by atoms with Crippen LogP contribution < -0.4 is 20.1 Å². The number of ether oxygens (including phenoxy) is 2. The van der Waals surface area contributed by atoms with Crippen molar-refractivity contribution in [1.29, 1.82) is 0 Å². The lowest BCUT2D eigenvalue weighted by Crippen LogP contribution is -2.28. The Hall–Kier alpha value is -2.08. The van der Waals surface area contributed by atoms with Crippen LogP contribution in [0.25, 0.3) is 0 Å². The molecule has 0 atom stereocenters. The maximum absolute atomic E-state index is 8.73. The molecular formula is C21H30N2O3. The van der Waals surface area contributed by atoms with Crippen molar-refractivity contribution < 1.29 is 14.6 Å². The Labute approximate surface area is 156 Å². The van der Waals surface area contributed by atoms with Gasteiger partial charge in [0.1, 0.15) is 6.61 Å². The number of aliphatic hydroxyl groups is 1. The second kappa shape index (κ2) is 11.5. The lowest BCUT2D eigenvalue weighted by atomic mass is 10.1. The van der Waals surface area contributed by atoms with Gasteiger partial charge >= 0.3 is 0 Å². The van der Waals surface area contributed by atoms with E-state index in [2.05, 4.69) is 41.8 Å². The van der Waals surface area contributed by atoms with Gasteiger partial charge in [-0.2, -0.15) is 0 Å². The molecule has 0 saturated heterocycles. The van der Waals surface area contributed by atoms with E-state index in [9.17, 15) is 0 Å². The molecule has 142 valence electrons. The summed E-state index contributed by atoms with van der Waals surface area (Å²) >= 11 is 0. The fourth-order valence-electron chi connectivity index (χ4n) is 2.63. The smallest absolute Gasteiger partial charge is 0.161 e. The summed E-state index contributed by atoms with van der Waals surface area (Å²) in [4.78, 5) is 0. The van der Waals surface area contributed by atoms with Gasteiger partial charge in [0.15, 0.2) is 11.5 Å². The number of aliphatic hydroxyl groups excluding tert-OH is 1. The van der Waals surface area contributed by atoms with Crippen LogP contribution in [0.1, 0.15) is 23.6 Å². The van der Waals surface area contributed by atoms with E-state index in [1.807, 2.05) is 25.1 Å². The molecule has 0 unspecified atom stereocenters. The highest BCUT2D eigenvalue weighted by Crippen LogP contribution is 2.29. The summed E-state index contributed by atoms with van der Waals surface area (Å²) in [6.07, 6.45) is 0. The van der Waals surface area contributed by atoms with Crippen LogP contribution in [0.3, 0.4) is 0 Å². The van der Waals surface area contributed by atoms with Crippen LogP contribution in [0.15, 0.2) is 42.5 Å². The minimum Gasteiger partial charge on any atom is -0.490 e. The summed E-state index contributed by atoms with van der Waals surface area (Å²) < 4.78 is 11.7. The van der Waals surface area contributed by atoms with Crippen LogP contribution in [0, 0.1) is 6.92 Å². The quantitative estimate of drug-likeness (QED) is 0.509. The Morgan fingerprint density at radius 1 is 0.885 bits per heavy atom. The Bertz CT molecular complexity index is 661. The normalized spacial score (nSPS) is 10.7. The molecule has 0 aliphatic carbocycles. The second-order valence-corrected chi connectivity index (χ2v) is 6.14. The molecule has 5 nitrogen and oxygen atoms in total. The molecule has 0 bridgehead atoms. The van der Waals surface area contributed by atoms with Crippen molar-refractivity contribution in [2.75, 3.05) is 32.8 Å². The van der Waals surface area contributed by atoms with Crippen molar-refractivity contribution in [2.24, 2.45) is 0 Å². The number of rotatable bonds is 12. The van der Waals surface area contributed by atoms with Gasteiger partial charge in [-0.05, 0) is 37.1 Å². The molecule has 0 fully saturated rings. The maximum Gasteiger partial charge on any atom is 0.161 e. The third kappa shape index (κ3) is 7.04. The third-order valence-corrected chi connectivity index (χ3v) is 3.88. The van der Waals surface area contributed by atoms with Crippen LogP contribution >= 0.6 is 0 Å². The van der Waals surface area contributed by atoms with E-state index >= 15 is 0 Å². The van der Waals surface area contributed by atoms with Gasteiger partial charge in [0.25, 0.3) is 0 Å². The minimum atomic E-state index is 0.168. The van der Waals surface area contributed by atoms with E-state index in [-0.39, 0.29) is 6.61 Å². The average molecular weight is 358 g/mol. The first kappa shape index (κ1) is 20.2. The number of benzene rings is 2. The van der Waals surface area contributed by atoms with Crippen molar-refractivity contribution in [3.63, 3.8) is 0 Å². The highest BCUT2D eigenvalue weighted by Gasteiger charge is 2.07. The molecule has 5 heteroatoms. The topological polar surface area (TPSA) is 62.8 Å². The molecule has 2 aromatic rings. The zero-order valence-electron chi connectivity index (χ0n) is 15.8. The first-order chi connectivity index (χ1) is 12.7. The summed E-state index contributed by atoms with van der Waals surface area (Å²) in [5.74, 6) is 1.54. The van der Waals surface area contributed by atoms with Gasteiger partial charge in [-0.15, -0.1) is 0 Å². The fraction of sp³-hybridized carbons (Fsp3) is 0.429. The Kier molecular flexibility index (Phi) is 8.96. The van der Waals surface area contributed by atoms with E-state index in [0.717, 1.165) is 42.3 Å². The van der Waals surface area contributed by atoms with Crippen LogP contribution in [-0.4, -0.2) is 38.0 Å². The maximum atomic E-state index is 8.73. The molecule has 0 radical (unpaired) electrons. The van der Waals surface area contributed by atoms with Gasteiger partial charge in [-0.3, -0.25) is 0 Å². The van der Waals surface area contributed by atoms with Gasteiger partial charge in [0.2, 0.25) is 0 Å². The first-order valence-electron chi connectivity index (χ1n) is 9.19. The fourth-order valence-corrected chi connectivity index (χ4v) is 2.63. The van der Waals surface area contributed by atoms with Crippen molar-refractivity contribution in [3.8, 4) is 11.5 Å². The summed E-state index contributed by atoms with van der Waals surface area (Å²) in [7, 11) is 0. The first-order valence-corrected chi connectivity index (χ1v) is 9.19. The molecule has 0 spiro atoms. The van der Waals surface area contributed by atoms with Gasteiger partial charge in [0, 0.05) is 26.2 Å². The zero-order chi connectivity index (χ0) is 18.6. The molecule has 2 aromatic carbocycles. The van der Waals surface area contributed by atoms with Gasteiger partial charge in [-0.1, -0.05) is 35.9 Å². The highest BCUT2D eigenvalue weighted by atomic mass is 16.5. The number of aryl methyl sites for hydroxylation is 1. The highest BCUT2D eigenvalue weighted by molar-refractivity contribution is 5.43. The molecule has 0 heterocycles. The predicted octanol–water partition coefficient (Wildman–Crippen LogP) is 2.64. The standard InChI is InChI=1S/C21H30N2O3/c1-3-25-21-14-18(15-23-10-9-22-11-12-24)7-8-20(21)26-16-19-6-4-5-17(2)13-19/h4-8,13-14,22-24H,3,9-12,15-16H2,1-2H3. The van der Waals surface area contributed by atoms with Gasteiger partial charge < -0.3 is 25.2 Å². The summed E-state index contributed by atoms with van der Waals surface area (Å²) in [6.45, 7) is 8.41. The van der Waals surface area contributed by atoms with E-state index in [0.29, 0.717) is 19.8 Å². The third-order valence-electron chi connectivity index (χ3n) is 3.88. The second-order valence-electron chi connectivity index (χ2n) is 6.14. The Morgan fingerprint density at radius 3 is 2.50 bits per heavy atom. The van der Waals surface area contributed by atoms with Crippen LogP contribution in [0.2, 0.25) is 0 Å². The Morgan fingerprint density at radius 2 is 1.73 bits per heavy atom. The molecule has 0 aliphatic rings. The van der Waals surface area contributed by atoms with Gasteiger partial charge in [0.05, 0.1) is 13.2 Å². The molecule has 3 N–H and O–H groups in total. The van der Waals surface area contributed by atoms with Crippen LogP contribution in [-0.2, 0) is 13.2 Å². The Balaban J connectivity index is 1.90. The van der Waals surface area contributed by atoms with Crippen molar-refractivity contribution >= 4 is 0 Å². The summed E-state index contributed by atoms with van der Waals surface area (Å²) in [5, 5.41) is 15.2. The monoisotopic (exact) mass is 358 g/mol. The zero-order valence-corrected chi connectivity index (χ0v) is 15.8. The van der Waals surface area contributed by atoms with E-state index in [4.69, 9.17) is 14.6 Å². The largest absolute Gasteiger partial charge is 0.490 e. The summed E-state index contributed by atoms with van der Waals surface area (Å²) in [5.41, 5.74) is 3.53. The average Bonchev–Trinajstić information content (AvgIpc) is 2.64. The number of hydrogen-bond donors (Lipinski definition) is 3. The number of hydrogen-bond acceptors (Lipinski definition) is 5. The lowest BCUT2D eigenvalue weighted by molar-refractivity contribution is 0.269. The van der Waals surface area contributed by atoms with Crippen molar-refractivity contribution in [1.82, 2.24) is 10.6 Å². The molecule has 26 heavy (non-hydrogen) atoms. The number of nitrogens with one attached hydrogen (secondary N) is 2. The molecule has 0 saturated carbocycles. The molecule has 0 aromatic heterocycles. The van der Waals surface area contributed by atoms with E-state index in [1.54, 1.807) is 0 Å². The van der Waals surface area contributed by atoms with Crippen molar-refractivity contribution in [3.05, 3.63) is 59.2 Å². The molecular weight excluding hydrogens is 328 g/mol. The predicted molar refractivity (Wildman–Crippen MR) is 105 cm³/mol.